The summed E-state index contributed by atoms with van der Waals surface area (Å²) in [7, 11) is 0. The van der Waals surface area contributed by atoms with Crippen molar-refractivity contribution in [1.82, 2.24) is 0 Å². The molecule has 0 radical (unpaired) electrons. The summed E-state index contributed by atoms with van der Waals surface area (Å²) in [5.41, 5.74) is 0.430. The highest BCUT2D eigenvalue weighted by molar-refractivity contribution is 4.79. The third-order valence-corrected chi connectivity index (χ3v) is 2.02. The average molecular weight is 142 g/mol. The molecule has 0 unspecified atom stereocenters. The third kappa shape index (κ3) is 1.98. The van der Waals surface area contributed by atoms with Crippen molar-refractivity contribution < 1.29 is 4.74 Å². The zero-order valence-electron chi connectivity index (χ0n) is 7.48. The van der Waals surface area contributed by atoms with Crippen LogP contribution >= 0.6 is 0 Å². The molecule has 0 aromatic carbocycles. The Labute approximate surface area is 63.8 Å². The van der Waals surface area contributed by atoms with Crippen LogP contribution in [0.1, 0.15) is 34.1 Å². The van der Waals surface area contributed by atoms with Gasteiger partial charge < -0.3 is 4.74 Å². The molecule has 1 aliphatic heterocycles. The van der Waals surface area contributed by atoms with Gasteiger partial charge in [0.05, 0.1) is 12.7 Å². The van der Waals surface area contributed by atoms with E-state index in [0.29, 0.717) is 11.5 Å². The van der Waals surface area contributed by atoms with Crippen LogP contribution in [0.3, 0.4) is 0 Å². The van der Waals surface area contributed by atoms with Gasteiger partial charge >= 0.3 is 0 Å². The van der Waals surface area contributed by atoms with Crippen molar-refractivity contribution >= 4 is 0 Å². The van der Waals surface area contributed by atoms with E-state index in [1.807, 2.05) is 0 Å². The quantitative estimate of drug-likeness (QED) is 0.546. The molecule has 1 aliphatic rings. The summed E-state index contributed by atoms with van der Waals surface area (Å²) in [4.78, 5) is 0. The van der Waals surface area contributed by atoms with Crippen molar-refractivity contribution in [3.8, 4) is 0 Å². The van der Waals surface area contributed by atoms with Gasteiger partial charge in [-0.1, -0.05) is 27.7 Å². The summed E-state index contributed by atoms with van der Waals surface area (Å²) in [6, 6.07) is 0. The van der Waals surface area contributed by atoms with Crippen LogP contribution in [0.25, 0.3) is 0 Å². The summed E-state index contributed by atoms with van der Waals surface area (Å²) in [5, 5.41) is 0. The van der Waals surface area contributed by atoms with E-state index in [1.54, 1.807) is 0 Å². The molecule has 10 heavy (non-hydrogen) atoms. The molecule has 0 aromatic heterocycles. The maximum Gasteiger partial charge on any atom is 0.0627 e. The van der Waals surface area contributed by atoms with Crippen LogP contribution in [0.5, 0.6) is 0 Å². The van der Waals surface area contributed by atoms with Gasteiger partial charge in [-0.3, -0.25) is 0 Å². The third-order valence-electron chi connectivity index (χ3n) is 2.02. The van der Waals surface area contributed by atoms with E-state index in [1.165, 1.54) is 6.42 Å². The molecule has 0 saturated carbocycles. The second-order valence-electron chi connectivity index (χ2n) is 4.61. The summed E-state index contributed by atoms with van der Waals surface area (Å²) in [6.45, 7) is 10.0. The highest BCUT2D eigenvalue weighted by Crippen LogP contribution is 2.31. The molecule has 1 heterocycles. The molecule has 1 rings (SSSR count). The van der Waals surface area contributed by atoms with E-state index < -0.39 is 0 Å². The Kier molecular flexibility index (Phi) is 2.04. The molecule has 1 fully saturated rings. The zero-order chi connectivity index (χ0) is 7.78. The fourth-order valence-corrected chi connectivity index (χ4v) is 1.29. The van der Waals surface area contributed by atoms with Crippen LogP contribution in [0.15, 0.2) is 0 Å². The monoisotopic (exact) mass is 142 g/mol. The predicted octanol–water partition coefficient (Wildman–Crippen LogP) is 2.46. The minimum atomic E-state index is 0.430. The van der Waals surface area contributed by atoms with Gasteiger partial charge in [-0.2, -0.15) is 0 Å². The predicted molar refractivity (Wildman–Crippen MR) is 43.0 cm³/mol. The molecule has 1 heteroatoms. The van der Waals surface area contributed by atoms with Crippen LogP contribution in [0.4, 0.5) is 0 Å². The fourth-order valence-electron chi connectivity index (χ4n) is 1.29. The van der Waals surface area contributed by atoms with Crippen LogP contribution in [-0.2, 0) is 4.74 Å². The van der Waals surface area contributed by atoms with Crippen molar-refractivity contribution in [2.45, 2.75) is 40.2 Å². The molecule has 0 aromatic rings. The second-order valence-corrected chi connectivity index (χ2v) is 4.61. The first kappa shape index (κ1) is 8.06. The summed E-state index contributed by atoms with van der Waals surface area (Å²) in [5.74, 6) is 0.791. The Balaban J connectivity index is 2.26. The first-order chi connectivity index (χ1) is 4.49. The lowest BCUT2D eigenvalue weighted by Gasteiger charge is -2.38. The smallest absolute Gasteiger partial charge is 0.0627 e. The Bertz CT molecular complexity index is 112. The minimum Gasteiger partial charge on any atom is -0.377 e. The van der Waals surface area contributed by atoms with Crippen molar-refractivity contribution in [2.24, 2.45) is 11.3 Å². The van der Waals surface area contributed by atoms with Crippen LogP contribution in [0.2, 0.25) is 0 Å². The van der Waals surface area contributed by atoms with Crippen LogP contribution in [0, 0.1) is 11.3 Å². The zero-order valence-corrected chi connectivity index (χ0v) is 7.48. The highest BCUT2D eigenvalue weighted by atomic mass is 16.5. The molecule has 1 saturated heterocycles. The van der Waals surface area contributed by atoms with Crippen molar-refractivity contribution in [1.29, 1.82) is 0 Å². The van der Waals surface area contributed by atoms with Crippen LogP contribution in [-0.4, -0.2) is 12.7 Å². The summed E-state index contributed by atoms with van der Waals surface area (Å²) >= 11 is 0. The van der Waals surface area contributed by atoms with Gasteiger partial charge in [-0.05, 0) is 11.8 Å². The van der Waals surface area contributed by atoms with E-state index in [9.17, 15) is 0 Å². The van der Waals surface area contributed by atoms with E-state index >= 15 is 0 Å². The van der Waals surface area contributed by atoms with E-state index in [0.717, 1.165) is 12.5 Å². The molecule has 60 valence electrons. The average Bonchev–Trinajstić information content (AvgIpc) is 1.78. The topological polar surface area (TPSA) is 9.23 Å². The fraction of sp³-hybridized carbons (Fsp3) is 1.00. The van der Waals surface area contributed by atoms with Gasteiger partial charge in [0.15, 0.2) is 0 Å². The molecule has 0 N–H and O–H groups in total. The highest BCUT2D eigenvalue weighted by Gasteiger charge is 2.31. The minimum absolute atomic E-state index is 0.430. The van der Waals surface area contributed by atoms with Gasteiger partial charge in [0.1, 0.15) is 0 Å². The lowest BCUT2D eigenvalue weighted by Crippen LogP contribution is -2.40. The Morgan fingerprint density at radius 2 is 2.00 bits per heavy atom. The summed E-state index contributed by atoms with van der Waals surface area (Å²) in [6.07, 6.45) is 1.74. The van der Waals surface area contributed by atoms with E-state index in [-0.39, 0.29) is 0 Å². The molecular formula is C9H18O. The van der Waals surface area contributed by atoms with Gasteiger partial charge in [0.25, 0.3) is 0 Å². The van der Waals surface area contributed by atoms with Crippen molar-refractivity contribution in [3.63, 3.8) is 0 Å². The lowest BCUT2D eigenvalue weighted by molar-refractivity contribution is -0.122. The van der Waals surface area contributed by atoms with Crippen molar-refractivity contribution in [3.05, 3.63) is 0 Å². The standard InChI is InChI=1S/C9H18O/c1-7-6-10-8(7)5-9(2,3)4/h7-8H,5-6H2,1-4H3/t7-,8+/m0/s1. The molecule has 0 bridgehead atoms. The number of rotatable bonds is 1. The first-order valence-corrected chi connectivity index (χ1v) is 4.11. The van der Waals surface area contributed by atoms with Gasteiger partial charge in [-0.15, -0.1) is 0 Å². The van der Waals surface area contributed by atoms with Gasteiger partial charge in [-0.25, -0.2) is 0 Å². The number of ether oxygens (including phenoxy) is 1. The van der Waals surface area contributed by atoms with E-state index in [2.05, 4.69) is 27.7 Å². The maximum absolute atomic E-state index is 5.42. The molecule has 0 aliphatic carbocycles. The molecule has 0 spiro atoms. The molecular weight excluding hydrogens is 124 g/mol. The van der Waals surface area contributed by atoms with Gasteiger partial charge in [0.2, 0.25) is 0 Å². The number of hydrogen-bond acceptors (Lipinski definition) is 1. The Hall–Kier alpha value is -0.0400. The molecule has 0 amide bonds. The normalized spacial score (nSPS) is 33.6. The Morgan fingerprint density at radius 1 is 1.40 bits per heavy atom. The van der Waals surface area contributed by atoms with Gasteiger partial charge in [0, 0.05) is 5.92 Å². The lowest BCUT2D eigenvalue weighted by atomic mass is 9.83. The summed E-state index contributed by atoms with van der Waals surface area (Å²) < 4.78 is 5.42. The largest absolute Gasteiger partial charge is 0.377 e. The molecule has 1 nitrogen and oxygen atoms in total. The SMILES string of the molecule is C[C@H]1CO[C@@H]1CC(C)(C)C. The second kappa shape index (κ2) is 2.54. The van der Waals surface area contributed by atoms with Crippen LogP contribution < -0.4 is 0 Å². The first-order valence-electron chi connectivity index (χ1n) is 4.11. The molecule has 2 atom stereocenters. The van der Waals surface area contributed by atoms with Crippen molar-refractivity contribution in [2.75, 3.05) is 6.61 Å². The maximum atomic E-state index is 5.42. The number of hydrogen-bond donors (Lipinski definition) is 0. The Morgan fingerprint density at radius 3 is 2.10 bits per heavy atom. The van der Waals surface area contributed by atoms with E-state index in [4.69, 9.17) is 4.74 Å².